The summed E-state index contributed by atoms with van der Waals surface area (Å²) in [4.78, 5) is 43.4. The highest BCUT2D eigenvalue weighted by atomic mass is 19.1. The fourth-order valence-corrected chi connectivity index (χ4v) is 3.17. The van der Waals surface area contributed by atoms with Crippen molar-refractivity contribution < 1.29 is 28.2 Å². The Bertz CT molecular complexity index is 1010. The Morgan fingerprint density at radius 1 is 1.19 bits per heavy atom. The molecule has 170 valence electrons. The number of morpholine rings is 1. The molecule has 0 saturated carbocycles. The molecule has 1 saturated heterocycles. The van der Waals surface area contributed by atoms with Crippen LogP contribution in [0.3, 0.4) is 0 Å². The van der Waals surface area contributed by atoms with E-state index in [-0.39, 0.29) is 40.8 Å². The van der Waals surface area contributed by atoms with Gasteiger partial charge >= 0.3 is 0 Å². The molecule has 32 heavy (non-hydrogen) atoms. The number of hydrogen-bond donors (Lipinski definition) is 3. The largest absolute Gasteiger partial charge is 0.496 e. The van der Waals surface area contributed by atoms with Crippen LogP contribution >= 0.6 is 0 Å². The van der Waals surface area contributed by atoms with Crippen LogP contribution in [0.25, 0.3) is 0 Å². The first kappa shape index (κ1) is 23.1. The molecule has 2 heterocycles. The molecular weight excluding hydrogens is 421 g/mol. The first-order valence-corrected chi connectivity index (χ1v) is 9.89. The number of amides is 3. The van der Waals surface area contributed by atoms with Crippen molar-refractivity contribution in [2.24, 2.45) is 0 Å². The minimum Gasteiger partial charge on any atom is -0.496 e. The van der Waals surface area contributed by atoms with E-state index < -0.39 is 17.6 Å². The van der Waals surface area contributed by atoms with Gasteiger partial charge in [0.05, 0.1) is 38.1 Å². The van der Waals surface area contributed by atoms with Gasteiger partial charge in [-0.15, -0.1) is 0 Å². The van der Waals surface area contributed by atoms with Gasteiger partial charge in [-0.05, 0) is 12.1 Å². The van der Waals surface area contributed by atoms with E-state index in [2.05, 4.69) is 20.9 Å². The molecule has 1 aromatic carbocycles. The molecule has 0 bridgehead atoms. The summed E-state index contributed by atoms with van der Waals surface area (Å²) in [6.45, 7) is 2.55. The number of ether oxygens (including phenoxy) is 2. The summed E-state index contributed by atoms with van der Waals surface area (Å²) in [6.07, 6.45) is 1.22. The highest BCUT2D eigenvalue weighted by molar-refractivity contribution is 6.10. The standard InChI is InChI=1S/C21H24FN5O5/c1-23-20(29)13-11-24-17(26-18(28)12-27-6-8-32-9-7-27)10-15(13)25-21(30)19-14(22)4-3-5-16(19)31-2/h3-5,10-11H,6-9,12H2,1-2H3,(H,23,29)(H2,24,25,26,28,30). The van der Waals surface area contributed by atoms with Gasteiger partial charge in [-0.25, -0.2) is 9.37 Å². The Morgan fingerprint density at radius 2 is 1.94 bits per heavy atom. The highest BCUT2D eigenvalue weighted by Gasteiger charge is 2.21. The van der Waals surface area contributed by atoms with Crippen LogP contribution in [0.15, 0.2) is 30.5 Å². The van der Waals surface area contributed by atoms with Gasteiger partial charge in [-0.2, -0.15) is 0 Å². The Labute approximate surface area is 184 Å². The van der Waals surface area contributed by atoms with Gasteiger partial charge in [0.1, 0.15) is 22.9 Å². The smallest absolute Gasteiger partial charge is 0.262 e. The maximum absolute atomic E-state index is 14.3. The lowest BCUT2D eigenvalue weighted by molar-refractivity contribution is -0.118. The third-order valence-electron chi connectivity index (χ3n) is 4.78. The molecule has 0 spiro atoms. The molecule has 1 aliphatic heterocycles. The summed E-state index contributed by atoms with van der Waals surface area (Å²) >= 11 is 0. The van der Waals surface area contributed by atoms with E-state index in [1.54, 1.807) is 0 Å². The summed E-state index contributed by atoms with van der Waals surface area (Å²) in [5, 5.41) is 7.61. The lowest BCUT2D eigenvalue weighted by atomic mass is 10.1. The van der Waals surface area contributed by atoms with Gasteiger partial charge in [0, 0.05) is 32.4 Å². The first-order valence-electron chi connectivity index (χ1n) is 9.89. The second-order valence-corrected chi connectivity index (χ2v) is 6.90. The number of pyridine rings is 1. The Balaban J connectivity index is 1.82. The van der Waals surface area contributed by atoms with Gasteiger partial charge < -0.3 is 25.4 Å². The zero-order valence-electron chi connectivity index (χ0n) is 17.7. The zero-order chi connectivity index (χ0) is 23.1. The van der Waals surface area contributed by atoms with Crippen LogP contribution in [0.2, 0.25) is 0 Å². The third kappa shape index (κ3) is 5.56. The highest BCUT2D eigenvalue weighted by Crippen LogP contribution is 2.25. The first-order chi connectivity index (χ1) is 15.4. The average Bonchev–Trinajstić information content (AvgIpc) is 2.79. The molecule has 10 nitrogen and oxygen atoms in total. The summed E-state index contributed by atoms with van der Waals surface area (Å²) in [7, 11) is 2.74. The number of hydrogen-bond acceptors (Lipinski definition) is 7. The SMILES string of the molecule is CNC(=O)c1cnc(NC(=O)CN2CCOCC2)cc1NC(=O)c1c(F)cccc1OC. The van der Waals surface area contributed by atoms with Crippen LogP contribution < -0.4 is 20.7 Å². The van der Waals surface area contributed by atoms with Crippen molar-refractivity contribution in [3.8, 4) is 5.75 Å². The number of nitrogens with zero attached hydrogens (tertiary/aromatic N) is 2. The average molecular weight is 445 g/mol. The van der Waals surface area contributed by atoms with Crippen molar-refractivity contribution in [1.82, 2.24) is 15.2 Å². The van der Waals surface area contributed by atoms with E-state index in [0.29, 0.717) is 26.3 Å². The van der Waals surface area contributed by atoms with Crippen molar-refractivity contribution >= 4 is 29.2 Å². The predicted molar refractivity (Wildman–Crippen MR) is 114 cm³/mol. The number of carbonyl (C=O) groups excluding carboxylic acids is 3. The van der Waals surface area contributed by atoms with Crippen LogP contribution in [0.5, 0.6) is 5.75 Å². The number of rotatable bonds is 7. The van der Waals surface area contributed by atoms with Crippen molar-refractivity contribution in [2.75, 3.05) is 57.6 Å². The molecule has 0 atom stereocenters. The van der Waals surface area contributed by atoms with Gasteiger partial charge in [0.15, 0.2) is 0 Å². The number of benzene rings is 1. The molecule has 11 heteroatoms. The molecular formula is C21H24FN5O5. The lowest BCUT2D eigenvalue weighted by Crippen LogP contribution is -2.41. The number of halogens is 1. The lowest BCUT2D eigenvalue weighted by Gasteiger charge is -2.25. The van der Waals surface area contributed by atoms with Crippen LogP contribution in [0.4, 0.5) is 15.9 Å². The minimum atomic E-state index is -0.818. The normalized spacial score (nSPS) is 13.8. The van der Waals surface area contributed by atoms with E-state index in [4.69, 9.17) is 9.47 Å². The van der Waals surface area contributed by atoms with E-state index in [1.165, 1.54) is 38.6 Å². The van der Waals surface area contributed by atoms with Crippen LogP contribution in [0.1, 0.15) is 20.7 Å². The van der Waals surface area contributed by atoms with Crippen molar-refractivity contribution in [3.05, 3.63) is 47.4 Å². The second kappa shape index (κ2) is 10.6. The van der Waals surface area contributed by atoms with Crippen molar-refractivity contribution in [1.29, 1.82) is 0 Å². The fraction of sp³-hybridized carbons (Fsp3) is 0.333. The van der Waals surface area contributed by atoms with Gasteiger partial charge in [0.2, 0.25) is 5.91 Å². The fourth-order valence-electron chi connectivity index (χ4n) is 3.17. The zero-order valence-corrected chi connectivity index (χ0v) is 17.7. The summed E-state index contributed by atoms with van der Waals surface area (Å²) in [5.41, 5.74) is -0.216. The predicted octanol–water partition coefficient (Wildman–Crippen LogP) is 1.11. The maximum atomic E-state index is 14.3. The molecule has 1 aliphatic rings. The number of methoxy groups -OCH3 is 1. The van der Waals surface area contributed by atoms with Gasteiger partial charge in [-0.3, -0.25) is 19.3 Å². The Kier molecular flexibility index (Phi) is 7.68. The van der Waals surface area contributed by atoms with Gasteiger partial charge in [-0.1, -0.05) is 6.07 Å². The van der Waals surface area contributed by atoms with E-state index >= 15 is 0 Å². The Hall–Kier alpha value is -3.57. The van der Waals surface area contributed by atoms with Crippen molar-refractivity contribution in [3.63, 3.8) is 0 Å². The quantitative estimate of drug-likeness (QED) is 0.584. The monoisotopic (exact) mass is 445 g/mol. The van der Waals surface area contributed by atoms with Crippen LogP contribution in [-0.4, -0.2) is 74.6 Å². The van der Waals surface area contributed by atoms with Gasteiger partial charge in [0.25, 0.3) is 11.8 Å². The molecule has 1 fully saturated rings. The number of aromatic nitrogens is 1. The number of anilines is 2. The summed E-state index contributed by atoms with van der Waals surface area (Å²) < 4.78 is 24.6. The van der Waals surface area contributed by atoms with E-state index in [1.807, 2.05) is 4.90 Å². The molecule has 2 aromatic rings. The molecule has 3 rings (SSSR count). The summed E-state index contributed by atoms with van der Waals surface area (Å²) in [5.74, 6) is -2.25. The molecule has 3 N–H and O–H groups in total. The third-order valence-corrected chi connectivity index (χ3v) is 4.78. The van der Waals surface area contributed by atoms with E-state index in [0.717, 1.165) is 6.07 Å². The molecule has 0 aliphatic carbocycles. The van der Waals surface area contributed by atoms with Crippen LogP contribution in [0, 0.1) is 5.82 Å². The Morgan fingerprint density at radius 3 is 2.62 bits per heavy atom. The molecule has 0 radical (unpaired) electrons. The molecule has 3 amide bonds. The number of carbonyl (C=O) groups is 3. The second-order valence-electron chi connectivity index (χ2n) is 6.90. The van der Waals surface area contributed by atoms with Crippen molar-refractivity contribution in [2.45, 2.75) is 0 Å². The minimum absolute atomic E-state index is 0.0390. The molecule has 1 aromatic heterocycles. The maximum Gasteiger partial charge on any atom is 0.262 e. The van der Waals surface area contributed by atoms with Crippen LogP contribution in [-0.2, 0) is 9.53 Å². The van der Waals surface area contributed by atoms with E-state index in [9.17, 15) is 18.8 Å². The topological polar surface area (TPSA) is 122 Å². The summed E-state index contributed by atoms with van der Waals surface area (Å²) in [6, 6.07) is 5.32. The molecule has 0 unspecified atom stereocenters. The number of nitrogens with one attached hydrogen (secondary N) is 3.